The average Bonchev–Trinajstić information content (AvgIpc) is 2.75. The van der Waals surface area contributed by atoms with Crippen molar-refractivity contribution in [1.29, 1.82) is 0 Å². The van der Waals surface area contributed by atoms with Gasteiger partial charge in [0.1, 0.15) is 0 Å². The predicted octanol–water partition coefficient (Wildman–Crippen LogP) is 1.10. The van der Waals surface area contributed by atoms with Gasteiger partial charge < -0.3 is 121 Å². The number of hydrogen-bond donors (Lipinski definition) is 0. The largest absolute Gasteiger partial charge is 2.00 e. The molecule has 0 aromatic carbocycles. The Balaban J connectivity index is -0.00000000780. The fourth-order valence-corrected chi connectivity index (χ4v) is 0. The van der Waals surface area contributed by atoms with Gasteiger partial charge in [0.15, 0.2) is 0 Å². The minimum Gasteiger partial charge on any atom is -0.444 e. The Morgan fingerprint density at radius 1 is 0.250 bits per heavy atom. The zero-order valence-electron chi connectivity index (χ0n) is 19.3. The van der Waals surface area contributed by atoms with E-state index in [1.54, 1.807) is 0 Å². The SMILES string of the molecule is O=N[O-].O=N[O-].O=N[O-].O=N[O-].O=N[O-].O=N[O-].O=N[O-].O=N[O-].O=N[O-].O=N[O-].O=N[O-].O=N[O-].[Co+2].[Co].[Tl+].[Tl+].[Tl+].[Tl].[Tl].[Y]. The molecule has 44 heavy (non-hydrogen) atoms. The summed E-state index contributed by atoms with van der Waals surface area (Å²) in [5.41, 5.74) is 0. The van der Waals surface area contributed by atoms with Crippen molar-refractivity contribution in [2.75, 3.05) is 0 Å². The van der Waals surface area contributed by atoms with Crippen molar-refractivity contribution in [2.45, 2.75) is 0 Å². The minimum absolute atomic E-state index is 0. The maximum absolute atomic E-state index is 8.00. The fraction of sp³-hybridized carbons (Fsp3) is 0. The van der Waals surface area contributed by atoms with Crippen molar-refractivity contribution in [2.24, 2.45) is 64.1 Å². The van der Waals surface area contributed by atoms with Gasteiger partial charge in [-0.1, -0.05) is 0 Å². The van der Waals surface area contributed by atoms with Crippen LogP contribution in [0.3, 0.4) is 0 Å². The second kappa shape index (κ2) is 552. The third kappa shape index (κ3) is 305000. The summed E-state index contributed by atoms with van der Waals surface area (Å²) in [4.78, 5) is 96.0. The molecule has 36 nitrogen and oxygen atoms in total. The van der Waals surface area contributed by atoms with E-state index in [0.29, 0.717) is 0 Å². The molecule has 0 aliphatic heterocycles. The molecule has 0 heterocycles. The maximum atomic E-state index is 8.00. The normalized spacial score (nSPS) is 3.27. The van der Waals surface area contributed by atoms with Crippen molar-refractivity contribution in [3.63, 3.8) is 0 Å². The Bertz CT molecular complexity index is 293. The molecule has 0 aliphatic rings. The van der Waals surface area contributed by atoms with Crippen molar-refractivity contribution in [3.05, 3.63) is 121 Å². The molecule has 0 spiro atoms. The van der Waals surface area contributed by atoms with Gasteiger partial charge in [0.05, 0.1) is 0 Å². The third-order valence-corrected chi connectivity index (χ3v) is 0. The zero-order chi connectivity index (χ0) is 32.5. The van der Waals surface area contributed by atoms with Gasteiger partial charge >= 0.3 is 98.7 Å². The van der Waals surface area contributed by atoms with E-state index in [9.17, 15) is 0 Å². The molecule has 247 valence electrons. The average molecular weight is 1780 g/mol. The zero-order valence-corrected chi connectivity index (χ0v) is 46.7. The summed E-state index contributed by atoms with van der Waals surface area (Å²) in [5, 5.41) is 108. The van der Waals surface area contributed by atoms with Gasteiger partial charge in [0.2, 0.25) is 0 Å². The second-order valence-corrected chi connectivity index (χ2v) is 0.894. The van der Waals surface area contributed by atoms with E-state index in [1.165, 1.54) is 0 Å². The monoisotopic (exact) mass is 1780 g/mol. The smallest absolute Gasteiger partial charge is 0.444 e. The molecule has 0 fully saturated rings. The van der Waals surface area contributed by atoms with E-state index < -0.39 is 0 Å². The molecule has 5 radical (unpaired) electrons. The first-order chi connectivity index (χ1) is 17.0. The van der Waals surface area contributed by atoms with Gasteiger partial charge in [-0.3, -0.25) is 0 Å². The standard InChI is InChI=1S/2Co.12HNO2.5Tl.Y/c;;12*2-1-3;;;;;;/h;;12*(H,2,3);;;;;;/q;+2;;;;;;;;;;;;;;;3*+1;/p-12. The van der Waals surface area contributed by atoms with Crippen LogP contribution >= 0.6 is 0 Å². The van der Waals surface area contributed by atoms with Gasteiger partial charge in [-0.05, 0) is 0 Å². The van der Waals surface area contributed by atoms with E-state index >= 15 is 0 Å². The summed E-state index contributed by atoms with van der Waals surface area (Å²) in [6, 6.07) is 0. The van der Waals surface area contributed by atoms with Crippen LogP contribution in [-0.4, -0.2) is 136 Å². The molecule has 0 N–H and O–H groups in total. The summed E-state index contributed by atoms with van der Waals surface area (Å²) in [6.45, 7) is 0. The molecule has 0 bridgehead atoms. The number of rotatable bonds is 0. The van der Waals surface area contributed by atoms with E-state index in [4.69, 9.17) is 121 Å². The van der Waals surface area contributed by atoms with Gasteiger partial charge in [0, 0.05) is 104 Å². The summed E-state index contributed by atoms with van der Waals surface area (Å²) in [5.74, 6) is 0. The Morgan fingerprint density at radius 3 is 0.250 bits per heavy atom. The van der Waals surface area contributed by atoms with E-state index in [2.05, 4.69) is 0 Å². The molecule has 0 atom stereocenters. The first kappa shape index (κ1) is 142. The van der Waals surface area contributed by atoms with E-state index in [0.717, 1.165) is 64.1 Å². The molecule has 0 aromatic heterocycles. The maximum Gasteiger partial charge on any atom is 2.00 e. The minimum atomic E-state index is 0. The van der Waals surface area contributed by atoms with Crippen molar-refractivity contribution >= 4 is 136 Å². The van der Waals surface area contributed by atoms with Crippen LogP contribution < -0.4 is 0 Å². The van der Waals surface area contributed by atoms with Crippen molar-refractivity contribution in [1.82, 2.24) is 0 Å². The topological polar surface area (TPSA) is 630 Å². The first-order valence-corrected chi connectivity index (χ1v) is 4.38. The Kier molecular flexibility index (Phi) is 1780. The number of hydrogen-bond acceptors (Lipinski definition) is 36. The van der Waals surface area contributed by atoms with Crippen LogP contribution in [-0.2, 0) is 66.3 Å². The van der Waals surface area contributed by atoms with E-state index in [-0.39, 0.29) is 203 Å². The molecule has 0 unspecified atom stereocenters. The van der Waals surface area contributed by atoms with Gasteiger partial charge in [-0.2, -0.15) is 0 Å². The molecular weight excluding hydrogens is 1780 g/mol. The fourth-order valence-electron chi connectivity index (χ4n) is 0. The van der Waals surface area contributed by atoms with Crippen LogP contribution in [0.1, 0.15) is 0 Å². The second-order valence-electron chi connectivity index (χ2n) is 0.894. The van der Waals surface area contributed by atoms with Crippen molar-refractivity contribution < 1.29 is 66.3 Å². The number of nitrogens with zero attached hydrogens (tertiary/aromatic N) is 12. The Hall–Kier alpha value is -0.473. The molecule has 0 saturated carbocycles. The molecule has 44 heteroatoms. The van der Waals surface area contributed by atoms with Gasteiger partial charge in [-0.15, -0.1) is 64.1 Å². The van der Waals surface area contributed by atoms with Gasteiger partial charge in [0.25, 0.3) is 0 Å². The molecule has 0 rings (SSSR count). The van der Waals surface area contributed by atoms with E-state index in [1.807, 2.05) is 0 Å². The quantitative estimate of drug-likeness (QED) is 0.186. The Morgan fingerprint density at radius 2 is 0.250 bits per heavy atom. The molecule has 0 aliphatic carbocycles. The third-order valence-electron chi connectivity index (χ3n) is 0. The molecule has 0 aromatic rings. The summed E-state index contributed by atoms with van der Waals surface area (Å²) in [6.07, 6.45) is 0. The molecular formula is Co2N12O24Tl5Y-7. The van der Waals surface area contributed by atoms with Gasteiger partial charge in [-0.25, -0.2) is 0 Å². The van der Waals surface area contributed by atoms with Crippen LogP contribution in [0.2, 0.25) is 0 Å². The van der Waals surface area contributed by atoms with Crippen LogP contribution in [0.15, 0.2) is 64.1 Å². The van der Waals surface area contributed by atoms with Crippen LogP contribution in [0.25, 0.3) is 0 Å². The summed E-state index contributed by atoms with van der Waals surface area (Å²) in [7, 11) is 0. The summed E-state index contributed by atoms with van der Waals surface area (Å²) < 4.78 is 0. The first-order valence-electron chi connectivity index (χ1n) is 4.38. The van der Waals surface area contributed by atoms with Crippen LogP contribution in [0.5, 0.6) is 0 Å². The molecule has 0 saturated heterocycles. The molecule has 0 amide bonds. The van der Waals surface area contributed by atoms with Crippen LogP contribution in [0.4, 0.5) is 0 Å². The summed E-state index contributed by atoms with van der Waals surface area (Å²) >= 11 is 0. The van der Waals surface area contributed by atoms with Crippen molar-refractivity contribution in [3.8, 4) is 0 Å². The van der Waals surface area contributed by atoms with Crippen LogP contribution in [0, 0.1) is 121 Å². The Labute approximate surface area is 382 Å². The predicted molar refractivity (Wildman–Crippen MR) is 139 cm³/mol.